The van der Waals surface area contributed by atoms with Gasteiger partial charge in [0, 0.05) is 11.7 Å². The van der Waals surface area contributed by atoms with Crippen LogP contribution < -0.4 is 10.6 Å². The summed E-state index contributed by atoms with van der Waals surface area (Å²) in [6.07, 6.45) is 4.90. The lowest BCUT2D eigenvalue weighted by molar-refractivity contribution is 0.0595. The quantitative estimate of drug-likeness (QED) is 0.914. The summed E-state index contributed by atoms with van der Waals surface area (Å²) >= 11 is 0. The molecule has 2 aliphatic rings. The maximum absolute atomic E-state index is 13.5. The van der Waals surface area contributed by atoms with Gasteiger partial charge in [-0.1, -0.05) is 0 Å². The van der Waals surface area contributed by atoms with Gasteiger partial charge in [0.05, 0.1) is 23.1 Å². The van der Waals surface area contributed by atoms with Crippen molar-refractivity contribution >= 4 is 17.3 Å². The minimum Gasteiger partial charge on any atom is -0.348 e. The van der Waals surface area contributed by atoms with Gasteiger partial charge in [0.1, 0.15) is 5.82 Å². The highest BCUT2D eigenvalue weighted by molar-refractivity contribution is 6.02. The van der Waals surface area contributed by atoms with Crippen molar-refractivity contribution in [2.24, 2.45) is 0 Å². The molecule has 1 atom stereocenters. The lowest BCUT2D eigenvalue weighted by Gasteiger charge is -2.42. The Balaban J connectivity index is 1.72. The number of nitrogens with zero attached hydrogens (tertiary/aromatic N) is 2. The maximum atomic E-state index is 13.5. The van der Waals surface area contributed by atoms with Gasteiger partial charge in [-0.2, -0.15) is 0 Å². The number of amides is 1. The molecule has 4 rings (SSSR count). The van der Waals surface area contributed by atoms with Crippen molar-refractivity contribution in [1.82, 2.24) is 9.88 Å². The fourth-order valence-electron chi connectivity index (χ4n) is 2.96. The number of aromatic nitrogens is 1. The second-order valence-corrected chi connectivity index (χ2v) is 6.29. The van der Waals surface area contributed by atoms with E-state index in [2.05, 4.69) is 22.5 Å². The van der Waals surface area contributed by atoms with Crippen LogP contribution in [0.1, 0.15) is 30.1 Å². The standard InChI is InChI=1S/C17H17FN4O/c1-17(6-7-17)22-15(23)13-9-11(18)4-5-14(13)21-16(22)20-12-3-2-8-19-10-12/h2-5,8-10,16,20-21H,6-7H2,1H3. The van der Waals surface area contributed by atoms with Crippen molar-refractivity contribution in [3.63, 3.8) is 0 Å². The van der Waals surface area contributed by atoms with Crippen LogP contribution in [0.5, 0.6) is 0 Å². The first-order valence-electron chi connectivity index (χ1n) is 7.63. The van der Waals surface area contributed by atoms with Gasteiger partial charge in [0.25, 0.3) is 5.91 Å². The third kappa shape index (κ3) is 2.40. The Morgan fingerprint density at radius 3 is 2.91 bits per heavy atom. The van der Waals surface area contributed by atoms with Crippen LogP contribution in [0.25, 0.3) is 0 Å². The number of carbonyl (C=O) groups excluding carboxylic acids is 1. The van der Waals surface area contributed by atoms with Crippen molar-refractivity contribution < 1.29 is 9.18 Å². The first-order valence-corrected chi connectivity index (χ1v) is 7.63. The van der Waals surface area contributed by atoms with Crippen LogP contribution in [0.3, 0.4) is 0 Å². The zero-order chi connectivity index (χ0) is 16.0. The molecule has 1 saturated carbocycles. The first-order chi connectivity index (χ1) is 11.1. The van der Waals surface area contributed by atoms with Crippen LogP contribution in [0.2, 0.25) is 0 Å². The summed E-state index contributed by atoms with van der Waals surface area (Å²) < 4.78 is 13.5. The van der Waals surface area contributed by atoms with Crippen LogP contribution in [0.15, 0.2) is 42.7 Å². The third-order valence-electron chi connectivity index (χ3n) is 4.50. The van der Waals surface area contributed by atoms with Gasteiger partial charge >= 0.3 is 0 Å². The highest BCUT2D eigenvalue weighted by Gasteiger charge is 2.51. The number of hydrogen-bond donors (Lipinski definition) is 2. The van der Waals surface area contributed by atoms with Crippen molar-refractivity contribution in [2.45, 2.75) is 31.6 Å². The Kier molecular flexibility index (Phi) is 3.01. The number of anilines is 2. The largest absolute Gasteiger partial charge is 0.348 e. The van der Waals surface area contributed by atoms with E-state index in [1.165, 1.54) is 12.1 Å². The van der Waals surface area contributed by atoms with Crippen LogP contribution in [0, 0.1) is 5.82 Å². The van der Waals surface area contributed by atoms with Crippen molar-refractivity contribution in [3.8, 4) is 0 Å². The summed E-state index contributed by atoms with van der Waals surface area (Å²) in [7, 11) is 0. The number of fused-ring (bicyclic) bond motifs is 1. The summed E-state index contributed by atoms with van der Waals surface area (Å²) in [4.78, 5) is 18.8. The Labute approximate surface area is 133 Å². The Bertz CT molecular complexity index is 760. The average Bonchev–Trinajstić information content (AvgIpc) is 3.27. The molecule has 0 saturated heterocycles. The summed E-state index contributed by atoms with van der Waals surface area (Å²) in [5.41, 5.74) is 1.63. The molecule has 0 bridgehead atoms. The molecule has 1 fully saturated rings. The van der Waals surface area contributed by atoms with Crippen LogP contribution in [-0.2, 0) is 0 Å². The summed E-state index contributed by atoms with van der Waals surface area (Å²) in [6.45, 7) is 2.05. The zero-order valence-corrected chi connectivity index (χ0v) is 12.7. The minimum absolute atomic E-state index is 0.153. The molecule has 5 nitrogen and oxygen atoms in total. The number of hydrogen-bond acceptors (Lipinski definition) is 4. The molecule has 1 aliphatic carbocycles. The number of rotatable bonds is 3. The second kappa shape index (κ2) is 4.94. The molecular formula is C17H17FN4O. The highest BCUT2D eigenvalue weighted by Crippen LogP contribution is 2.45. The van der Waals surface area contributed by atoms with Gasteiger partial charge < -0.3 is 10.6 Å². The lowest BCUT2D eigenvalue weighted by atomic mass is 10.1. The smallest absolute Gasteiger partial charge is 0.259 e. The molecule has 1 aromatic heterocycles. The van der Waals surface area contributed by atoms with Gasteiger partial charge in [-0.05, 0) is 50.1 Å². The van der Waals surface area contributed by atoms with Crippen LogP contribution in [0.4, 0.5) is 15.8 Å². The van der Waals surface area contributed by atoms with E-state index in [0.717, 1.165) is 18.5 Å². The maximum Gasteiger partial charge on any atom is 0.259 e. The van der Waals surface area contributed by atoms with Gasteiger partial charge in [0.15, 0.2) is 6.29 Å². The molecule has 0 radical (unpaired) electrons. The molecule has 1 aromatic carbocycles. The van der Waals surface area contributed by atoms with Crippen molar-refractivity contribution in [3.05, 3.63) is 54.1 Å². The van der Waals surface area contributed by atoms with E-state index < -0.39 is 12.1 Å². The molecule has 6 heteroatoms. The molecule has 2 aromatic rings. The Morgan fingerprint density at radius 1 is 1.39 bits per heavy atom. The van der Waals surface area contributed by atoms with E-state index in [0.29, 0.717) is 11.3 Å². The number of halogens is 1. The van der Waals surface area contributed by atoms with E-state index >= 15 is 0 Å². The number of carbonyl (C=O) groups is 1. The summed E-state index contributed by atoms with van der Waals surface area (Å²) in [5, 5.41) is 6.60. The summed E-state index contributed by atoms with van der Waals surface area (Å²) in [5.74, 6) is -0.557. The van der Waals surface area contributed by atoms with E-state index in [1.54, 1.807) is 23.4 Å². The summed E-state index contributed by atoms with van der Waals surface area (Å²) in [6, 6.07) is 7.98. The normalized spacial score (nSPS) is 21.4. The second-order valence-electron chi connectivity index (χ2n) is 6.29. The monoisotopic (exact) mass is 312 g/mol. The van der Waals surface area contributed by atoms with Crippen molar-refractivity contribution in [1.29, 1.82) is 0 Å². The fourth-order valence-corrected chi connectivity index (χ4v) is 2.96. The number of pyridine rings is 1. The van der Waals surface area contributed by atoms with Crippen LogP contribution in [-0.4, -0.2) is 27.6 Å². The third-order valence-corrected chi connectivity index (χ3v) is 4.50. The zero-order valence-electron chi connectivity index (χ0n) is 12.7. The predicted octanol–water partition coefficient (Wildman–Crippen LogP) is 3.04. The fraction of sp³-hybridized carbons (Fsp3) is 0.294. The molecule has 2 heterocycles. The SMILES string of the molecule is CC1(N2C(=O)c3cc(F)ccc3NC2Nc2cccnc2)CC1. The molecule has 1 aliphatic heterocycles. The van der Waals surface area contributed by atoms with Crippen LogP contribution >= 0.6 is 0 Å². The van der Waals surface area contributed by atoms with Gasteiger partial charge in [0.2, 0.25) is 0 Å². The van der Waals surface area contributed by atoms with Gasteiger partial charge in [-0.25, -0.2) is 4.39 Å². The predicted molar refractivity (Wildman–Crippen MR) is 85.5 cm³/mol. The van der Waals surface area contributed by atoms with E-state index in [4.69, 9.17) is 0 Å². The molecule has 0 spiro atoms. The number of benzene rings is 1. The minimum atomic E-state index is -0.404. The van der Waals surface area contributed by atoms with E-state index in [1.807, 2.05) is 12.1 Å². The molecule has 1 amide bonds. The average molecular weight is 312 g/mol. The van der Waals surface area contributed by atoms with E-state index in [-0.39, 0.29) is 11.4 Å². The number of nitrogens with one attached hydrogen (secondary N) is 2. The Hall–Kier alpha value is -2.63. The van der Waals surface area contributed by atoms with Gasteiger partial charge in [-0.3, -0.25) is 14.7 Å². The van der Waals surface area contributed by atoms with Crippen molar-refractivity contribution in [2.75, 3.05) is 10.6 Å². The Morgan fingerprint density at radius 2 is 2.22 bits per heavy atom. The lowest BCUT2D eigenvalue weighted by Crippen LogP contribution is -2.57. The molecule has 2 N–H and O–H groups in total. The molecule has 118 valence electrons. The first kappa shape index (κ1) is 14.0. The van der Waals surface area contributed by atoms with E-state index in [9.17, 15) is 9.18 Å². The molecular weight excluding hydrogens is 295 g/mol. The molecule has 23 heavy (non-hydrogen) atoms. The highest BCUT2D eigenvalue weighted by atomic mass is 19.1. The van der Waals surface area contributed by atoms with Gasteiger partial charge in [-0.15, -0.1) is 0 Å². The topological polar surface area (TPSA) is 57.3 Å². The molecule has 1 unspecified atom stereocenters.